The fourth-order valence-electron chi connectivity index (χ4n) is 3.75. The van der Waals surface area contributed by atoms with Gasteiger partial charge in [-0.3, -0.25) is 18.4 Å². The van der Waals surface area contributed by atoms with E-state index in [4.69, 9.17) is 0 Å². The van der Waals surface area contributed by atoms with Crippen LogP contribution in [0.4, 0.5) is 4.39 Å². The molecule has 1 atom stereocenters. The van der Waals surface area contributed by atoms with E-state index >= 15 is 0 Å². The Hall–Kier alpha value is -3.92. The maximum atomic E-state index is 14.3. The molecule has 0 bridgehead atoms. The van der Waals surface area contributed by atoms with E-state index in [1.54, 1.807) is 54.4 Å². The lowest BCUT2D eigenvalue weighted by Crippen LogP contribution is -2.36. The molecule has 2 aromatic heterocycles. The fourth-order valence-corrected chi connectivity index (χ4v) is 4.49. The number of benzene rings is 2. The van der Waals surface area contributed by atoms with Gasteiger partial charge in [0.15, 0.2) is 0 Å². The summed E-state index contributed by atoms with van der Waals surface area (Å²) in [6, 6.07) is 9.84. The first-order chi connectivity index (χ1) is 16.7. The topological polar surface area (TPSA) is 97.2 Å². The highest BCUT2D eigenvalue weighted by Gasteiger charge is 2.19. The summed E-state index contributed by atoms with van der Waals surface area (Å²) in [6.07, 6.45) is 6.30. The van der Waals surface area contributed by atoms with Crippen molar-refractivity contribution in [1.82, 2.24) is 24.8 Å². The summed E-state index contributed by atoms with van der Waals surface area (Å²) in [6.45, 7) is 1.79. The number of aromatic nitrogens is 3. The maximum Gasteiger partial charge on any atom is 0.254 e. The summed E-state index contributed by atoms with van der Waals surface area (Å²) < 4.78 is 28.4. The molecule has 0 fully saturated rings. The molecule has 0 spiro atoms. The highest BCUT2D eigenvalue weighted by molar-refractivity contribution is 7.84. The van der Waals surface area contributed by atoms with Crippen LogP contribution in [-0.2, 0) is 15.6 Å². The highest BCUT2D eigenvalue weighted by Crippen LogP contribution is 2.28. The van der Waals surface area contributed by atoms with Gasteiger partial charge >= 0.3 is 0 Å². The summed E-state index contributed by atoms with van der Waals surface area (Å²) in [5.41, 5.74) is 2.78. The second kappa shape index (κ2) is 9.75. The highest BCUT2D eigenvalue weighted by atomic mass is 32.2. The van der Waals surface area contributed by atoms with Crippen molar-refractivity contribution in [3.8, 4) is 17.1 Å². The molecule has 180 valence electrons. The zero-order chi connectivity index (χ0) is 25.3. The van der Waals surface area contributed by atoms with Crippen LogP contribution in [0.1, 0.15) is 15.9 Å². The summed E-state index contributed by atoms with van der Waals surface area (Å²) in [5, 5.41) is 3.18. The quantitative estimate of drug-likeness (QED) is 0.445. The second-order valence-electron chi connectivity index (χ2n) is 8.14. The Bertz CT molecular complexity index is 1470. The molecule has 4 rings (SSSR count). The van der Waals surface area contributed by atoms with Gasteiger partial charge in [-0.2, -0.15) is 0 Å². The van der Waals surface area contributed by atoms with Gasteiger partial charge < -0.3 is 10.2 Å². The van der Waals surface area contributed by atoms with Gasteiger partial charge in [0.05, 0.1) is 27.8 Å². The first-order valence-electron chi connectivity index (χ1n) is 10.7. The zero-order valence-electron chi connectivity index (χ0n) is 19.7. The predicted molar refractivity (Wildman–Crippen MR) is 132 cm³/mol. The lowest BCUT2D eigenvalue weighted by atomic mass is 10.1. The molecule has 2 aromatic carbocycles. The summed E-state index contributed by atoms with van der Waals surface area (Å²) >= 11 is 0. The van der Waals surface area contributed by atoms with Gasteiger partial charge in [0.25, 0.3) is 5.91 Å². The van der Waals surface area contributed by atoms with Crippen LogP contribution in [0.25, 0.3) is 28.0 Å². The third-order valence-corrected chi connectivity index (χ3v) is 6.56. The van der Waals surface area contributed by atoms with Gasteiger partial charge in [0, 0.05) is 61.0 Å². The standard InChI is InChI=1S/C25H24FN5O3S/c1-15-5-8-20(26)19(9-15)17-11-28-25(29-12-17)31-13-22(35(4)34)18-7-6-16(10-21(18)31)24(33)30(3)14-23(32)27-2/h5-13H,14H2,1-4H3,(H,27,32). The van der Waals surface area contributed by atoms with Crippen LogP contribution in [0, 0.1) is 12.7 Å². The first kappa shape index (κ1) is 24.2. The minimum Gasteiger partial charge on any atom is -0.358 e. The van der Waals surface area contributed by atoms with Crippen LogP contribution in [0.3, 0.4) is 0 Å². The Morgan fingerprint density at radius 1 is 1.14 bits per heavy atom. The summed E-state index contributed by atoms with van der Waals surface area (Å²) in [7, 11) is 1.74. The predicted octanol–water partition coefficient (Wildman–Crippen LogP) is 3.09. The maximum absolute atomic E-state index is 14.3. The van der Waals surface area contributed by atoms with Gasteiger partial charge in [0.2, 0.25) is 11.9 Å². The van der Waals surface area contributed by atoms with Crippen molar-refractivity contribution in [3.05, 3.63) is 71.9 Å². The number of halogens is 1. The summed E-state index contributed by atoms with van der Waals surface area (Å²) in [5.74, 6) is -0.709. The monoisotopic (exact) mass is 493 g/mol. The molecule has 0 radical (unpaired) electrons. The molecular weight excluding hydrogens is 469 g/mol. The number of carbonyl (C=O) groups is 2. The van der Waals surface area contributed by atoms with E-state index in [0.717, 1.165) is 5.56 Å². The normalized spacial score (nSPS) is 11.9. The van der Waals surface area contributed by atoms with E-state index in [-0.39, 0.29) is 30.1 Å². The molecule has 8 nitrogen and oxygen atoms in total. The molecule has 0 aliphatic carbocycles. The van der Waals surface area contributed by atoms with Crippen LogP contribution in [-0.4, -0.2) is 62.4 Å². The molecule has 1 N–H and O–H groups in total. The second-order valence-corrected chi connectivity index (χ2v) is 9.49. The largest absolute Gasteiger partial charge is 0.358 e. The minimum absolute atomic E-state index is 0.0846. The van der Waals surface area contributed by atoms with Crippen molar-refractivity contribution in [2.45, 2.75) is 11.8 Å². The van der Waals surface area contributed by atoms with Crippen molar-refractivity contribution >= 4 is 33.5 Å². The third kappa shape index (κ3) is 4.83. The molecule has 10 heteroatoms. The Kier molecular flexibility index (Phi) is 6.74. The van der Waals surface area contributed by atoms with Gasteiger partial charge in [0.1, 0.15) is 5.82 Å². The molecule has 0 aliphatic heterocycles. The number of hydrogen-bond acceptors (Lipinski definition) is 5. The zero-order valence-corrected chi connectivity index (χ0v) is 20.5. The molecule has 0 aliphatic rings. The van der Waals surface area contributed by atoms with E-state index < -0.39 is 10.8 Å². The summed E-state index contributed by atoms with van der Waals surface area (Å²) in [4.78, 5) is 35.3. The molecule has 0 saturated carbocycles. The van der Waals surface area contributed by atoms with Crippen LogP contribution in [0.15, 0.2) is 59.9 Å². The smallest absolute Gasteiger partial charge is 0.254 e. The number of hydrogen-bond donors (Lipinski definition) is 1. The Morgan fingerprint density at radius 3 is 2.51 bits per heavy atom. The number of rotatable bonds is 6. The van der Waals surface area contributed by atoms with Crippen LogP contribution in [0.5, 0.6) is 0 Å². The van der Waals surface area contributed by atoms with Crippen molar-refractivity contribution in [3.63, 3.8) is 0 Å². The average molecular weight is 494 g/mol. The molecule has 1 unspecified atom stereocenters. The average Bonchev–Trinajstić information content (AvgIpc) is 3.24. The lowest BCUT2D eigenvalue weighted by Gasteiger charge is -2.16. The number of fused-ring (bicyclic) bond motifs is 1. The Balaban J connectivity index is 1.77. The SMILES string of the molecule is CNC(=O)CN(C)C(=O)c1ccc2c(S(C)=O)cn(-c3ncc(-c4cc(C)ccc4F)cn3)c2c1. The fraction of sp³-hybridized carbons (Fsp3) is 0.200. The van der Waals surface area contributed by atoms with E-state index in [9.17, 15) is 18.2 Å². The van der Waals surface area contributed by atoms with Crippen molar-refractivity contribution in [2.75, 3.05) is 26.9 Å². The van der Waals surface area contributed by atoms with E-state index in [1.165, 1.54) is 30.4 Å². The molecular formula is C25H24FN5O3S. The van der Waals surface area contributed by atoms with Crippen LogP contribution in [0.2, 0.25) is 0 Å². The molecule has 2 amide bonds. The number of nitrogens with one attached hydrogen (secondary N) is 1. The molecule has 0 saturated heterocycles. The van der Waals surface area contributed by atoms with Crippen molar-refractivity contribution < 1.29 is 18.2 Å². The van der Waals surface area contributed by atoms with Crippen molar-refractivity contribution in [1.29, 1.82) is 0 Å². The van der Waals surface area contributed by atoms with Gasteiger partial charge in [-0.1, -0.05) is 17.7 Å². The number of likely N-dealkylation sites (N-methyl/N-ethyl adjacent to an activating group) is 2. The van der Waals surface area contributed by atoms with Gasteiger partial charge in [-0.05, 0) is 31.2 Å². The van der Waals surface area contributed by atoms with Crippen LogP contribution >= 0.6 is 0 Å². The molecule has 2 heterocycles. The third-order valence-electron chi connectivity index (χ3n) is 5.62. The number of carbonyl (C=O) groups excluding carboxylic acids is 2. The van der Waals surface area contributed by atoms with Gasteiger partial charge in [-0.15, -0.1) is 0 Å². The Morgan fingerprint density at radius 2 is 1.86 bits per heavy atom. The van der Waals surface area contributed by atoms with Gasteiger partial charge in [-0.25, -0.2) is 14.4 Å². The van der Waals surface area contributed by atoms with E-state index in [2.05, 4.69) is 15.3 Å². The minimum atomic E-state index is -1.31. The Labute approximate surface area is 204 Å². The first-order valence-corrected chi connectivity index (χ1v) is 12.3. The molecule has 4 aromatic rings. The van der Waals surface area contributed by atoms with Crippen LogP contribution < -0.4 is 5.32 Å². The number of nitrogens with zero attached hydrogens (tertiary/aromatic N) is 4. The lowest BCUT2D eigenvalue weighted by molar-refractivity contribution is -0.121. The van der Waals surface area contributed by atoms with Crippen molar-refractivity contribution in [2.24, 2.45) is 0 Å². The number of amides is 2. The van der Waals surface area contributed by atoms with E-state index in [1.807, 2.05) is 6.92 Å². The number of aryl methyl sites for hydroxylation is 1. The molecule has 35 heavy (non-hydrogen) atoms. The van der Waals surface area contributed by atoms with E-state index in [0.29, 0.717) is 32.5 Å².